The molecule has 2 N–H and O–H groups in total. The molecule has 0 saturated heterocycles. The number of hydrogen-bond donors (Lipinski definition) is 2. The summed E-state index contributed by atoms with van der Waals surface area (Å²) in [5.41, 5.74) is 3.55. The molecule has 0 aromatic heterocycles. The van der Waals surface area contributed by atoms with E-state index in [1.165, 1.54) is 6.21 Å². The van der Waals surface area contributed by atoms with Crippen LogP contribution in [0.3, 0.4) is 0 Å². The molecule has 2 aromatic carbocycles. The van der Waals surface area contributed by atoms with Crippen LogP contribution >= 0.6 is 31.9 Å². The third-order valence-corrected chi connectivity index (χ3v) is 4.26. The fourth-order valence-corrected chi connectivity index (χ4v) is 3.15. The van der Waals surface area contributed by atoms with E-state index in [4.69, 9.17) is 9.47 Å². The number of benzene rings is 2. The molecule has 1 aliphatic heterocycles. The van der Waals surface area contributed by atoms with Gasteiger partial charge in [0, 0.05) is 5.56 Å². The van der Waals surface area contributed by atoms with Crippen molar-refractivity contribution in [2.45, 2.75) is 0 Å². The van der Waals surface area contributed by atoms with Crippen molar-refractivity contribution < 1.29 is 19.4 Å². The molecule has 0 atom stereocenters. The van der Waals surface area contributed by atoms with Gasteiger partial charge in [-0.1, -0.05) is 0 Å². The summed E-state index contributed by atoms with van der Waals surface area (Å²) in [7, 11) is 0. The van der Waals surface area contributed by atoms with Crippen LogP contribution in [0.1, 0.15) is 15.9 Å². The van der Waals surface area contributed by atoms with Crippen molar-refractivity contribution in [3.63, 3.8) is 0 Å². The number of phenolic OH excluding ortho intramolecular Hbond substituents is 1. The molecule has 118 valence electrons. The molecule has 0 unspecified atom stereocenters. The van der Waals surface area contributed by atoms with Gasteiger partial charge in [-0.2, -0.15) is 5.10 Å². The first-order valence-electron chi connectivity index (χ1n) is 6.45. The minimum atomic E-state index is -0.364. The fraction of sp³-hybridized carbons (Fsp3) is 0.0667. The van der Waals surface area contributed by atoms with Gasteiger partial charge in [0.15, 0.2) is 11.5 Å². The fourth-order valence-electron chi connectivity index (χ4n) is 1.93. The molecule has 6 nitrogen and oxygen atoms in total. The number of phenols is 1. The normalized spacial score (nSPS) is 12.6. The smallest absolute Gasteiger partial charge is 0.271 e. The molecule has 0 saturated carbocycles. The Morgan fingerprint density at radius 3 is 2.61 bits per heavy atom. The molecular formula is C15H10Br2N2O4. The maximum Gasteiger partial charge on any atom is 0.271 e. The topological polar surface area (TPSA) is 80.2 Å². The lowest BCUT2D eigenvalue weighted by Gasteiger charge is -2.03. The first-order valence-corrected chi connectivity index (χ1v) is 8.04. The summed E-state index contributed by atoms with van der Waals surface area (Å²) >= 11 is 6.46. The number of rotatable bonds is 3. The zero-order valence-electron chi connectivity index (χ0n) is 11.5. The Bertz CT molecular complexity index is 785. The van der Waals surface area contributed by atoms with Gasteiger partial charge in [0.2, 0.25) is 6.79 Å². The first-order chi connectivity index (χ1) is 11.0. The molecule has 0 fully saturated rings. The zero-order valence-corrected chi connectivity index (χ0v) is 14.7. The van der Waals surface area contributed by atoms with Crippen molar-refractivity contribution in [2.24, 2.45) is 5.10 Å². The lowest BCUT2D eigenvalue weighted by Crippen LogP contribution is -2.17. The summed E-state index contributed by atoms with van der Waals surface area (Å²) < 4.78 is 11.5. The second-order valence-electron chi connectivity index (χ2n) is 4.60. The van der Waals surface area contributed by atoms with Crippen LogP contribution in [0.4, 0.5) is 0 Å². The molecule has 1 aliphatic rings. The van der Waals surface area contributed by atoms with Gasteiger partial charge in [-0.3, -0.25) is 4.79 Å². The highest BCUT2D eigenvalue weighted by molar-refractivity contribution is 9.11. The van der Waals surface area contributed by atoms with Gasteiger partial charge in [0.1, 0.15) is 5.75 Å². The van der Waals surface area contributed by atoms with E-state index in [9.17, 15) is 9.90 Å². The summed E-state index contributed by atoms with van der Waals surface area (Å²) in [6, 6.07) is 8.26. The van der Waals surface area contributed by atoms with Gasteiger partial charge >= 0.3 is 0 Å². The van der Waals surface area contributed by atoms with Crippen LogP contribution in [0.15, 0.2) is 44.4 Å². The second kappa shape index (κ2) is 6.59. The largest absolute Gasteiger partial charge is 0.506 e. The monoisotopic (exact) mass is 440 g/mol. The maximum absolute atomic E-state index is 12.0. The third-order valence-electron chi connectivity index (χ3n) is 3.05. The quantitative estimate of drug-likeness (QED) is 0.565. The Morgan fingerprint density at radius 2 is 1.87 bits per heavy atom. The van der Waals surface area contributed by atoms with Gasteiger partial charge < -0.3 is 14.6 Å². The van der Waals surface area contributed by atoms with E-state index >= 15 is 0 Å². The van der Waals surface area contributed by atoms with E-state index in [1.54, 1.807) is 30.3 Å². The van der Waals surface area contributed by atoms with Gasteiger partial charge in [-0.15, -0.1) is 0 Å². The summed E-state index contributed by atoms with van der Waals surface area (Å²) in [5, 5.41) is 13.5. The molecule has 1 amide bonds. The van der Waals surface area contributed by atoms with Crippen molar-refractivity contribution in [1.82, 2.24) is 5.43 Å². The van der Waals surface area contributed by atoms with E-state index in [-0.39, 0.29) is 18.4 Å². The Balaban J connectivity index is 1.69. The number of halogens is 2. The molecule has 3 rings (SSSR count). The number of hydrazone groups is 1. The van der Waals surface area contributed by atoms with Crippen molar-refractivity contribution in [2.75, 3.05) is 6.79 Å². The van der Waals surface area contributed by atoms with Crippen molar-refractivity contribution in [3.8, 4) is 17.2 Å². The minimum Gasteiger partial charge on any atom is -0.506 e. The highest BCUT2D eigenvalue weighted by Gasteiger charge is 2.15. The highest BCUT2D eigenvalue weighted by Crippen LogP contribution is 2.33. The molecule has 8 heteroatoms. The predicted molar refractivity (Wildman–Crippen MR) is 91.1 cm³/mol. The van der Waals surface area contributed by atoms with E-state index < -0.39 is 0 Å². The zero-order chi connectivity index (χ0) is 16.4. The van der Waals surface area contributed by atoms with E-state index in [0.717, 1.165) is 0 Å². The summed E-state index contributed by atoms with van der Waals surface area (Å²) in [4.78, 5) is 12.0. The molecule has 23 heavy (non-hydrogen) atoms. The number of ether oxygens (including phenoxy) is 2. The number of amides is 1. The van der Waals surface area contributed by atoms with Crippen LogP contribution in [0.25, 0.3) is 0 Å². The number of fused-ring (bicyclic) bond motifs is 1. The number of hydrogen-bond acceptors (Lipinski definition) is 5. The Hall–Kier alpha value is -2.06. The van der Waals surface area contributed by atoms with Crippen LogP contribution in [0, 0.1) is 0 Å². The predicted octanol–water partition coefficient (Wildman–Crippen LogP) is 3.41. The number of aromatic hydroxyl groups is 1. The number of nitrogens with zero attached hydrogens (tertiary/aromatic N) is 1. The van der Waals surface area contributed by atoms with Crippen LogP contribution in [0.2, 0.25) is 0 Å². The Morgan fingerprint density at radius 1 is 1.17 bits per heavy atom. The van der Waals surface area contributed by atoms with Crippen molar-refractivity contribution >= 4 is 44.0 Å². The average Bonchev–Trinajstić information content (AvgIpc) is 2.99. The van der Waals surface area contributed by atoms with Crippen LogP contribution in [0.5, 0.6) is 17.2 Å². The maximum atomic E-state index is 12.0. The van der Waals surface area contributed by atoms with Gasteiger partial charge in [-0.05, 0) is 67.8 Å². The summed E-state index contributed by atoms with van der Waals surface area (Å²) in [6.45, 7) is 0.156. The number of nitrogens with one attached hydrogen (secondary N) is 1. The molecule has 2 aromatic rings. The molecule has 1 heterocycles. The third kappa shape index (κ3) is 3.48. The van der Waals surface area contributed by atoms with Crippen LogP contribution < -0.4 is 14.9 Å². The van der Waals surface area contributed by atoms with Crippen LogP contribution in [-0.4, -0.2) is 24.0 Å². The van der Waals surface area contributed by atoms with E-state index in [1.807, 2.05) is 0 Å². The lowest BCUT2D eigenvalue weighted by molar-refractivity contribution is 0.0954. The van der Waals surface area contributed by atoms with Crippen molar-refractivity contribution in [3.05, 3.63) is 50.4 Å². The summed E-state index contributed by atoms with van der Waals surface area (Å²) in [6.07, 6.45) is 1.47. The molecular weight excluding hydrogens is 432 g/mol. The first kappa shape index (κ1) is 15.8. The Labute approximate surface area is 148 Å². The second-order valence-corrected chi connectivity index (χ2v) is 6.31. The minimum absolute atomic E-state index is 0.103. The standard InChI is InChI=1S/C15H10Br2N2O4/c16-10-3-8(4-11(17)14(10)20)6-18-19-15(21)9-1-2-12-13(5-9)23-7-22-12/h1-6,20H,7H2,(H,19,21). The Kier molecular flexibility index (Phi) is 4.53. The average molecular weight is 442 g/mol. The van der Waals surface area contributed by atoms with Gasteiger partial charge in [0.05, 0.1) is 15.2 Å². The van der Waals surface area contributed by atoms with Gasteiger partial charge in [0.25, 0.3) is 5.91 Å². The molecule has 0 aliphatic carbocycles. The van der Waals surface area contributed by atoms with E-state index in [0.29, 0.717) is 31.6 Å². The lowest BCUT2D eigenvalue weighted by atomic mass is 10.2. The van der Waals surface area contributed by atoms with E-state index in [2.05, 4.69) is 42.4 Å². The number of carbonyl (C=O) groups is 1. The highest BCUT2D eigenvalue weighted by atomic mass is 79.9. The molecule has 0 radical (unpaired) electrons. The van der Waals surface area contributed by atoms with Gasteiger partial charge in [-0.25, -0.2) is 5.43 Å². The van der Waals surface area contributed by atoms with Crippen LogP contribution in [-0.2, 0) is 0 Å². The summed E-state index contributed by atoms with van der Waals surface area (Å²) in [5.74, 6) is 0.889. The SMILES string of the molecule is O=C(NN=Cc1cc(Br)c(O)c(Br)c1)c1ccc2c(c1)OCO2. The van der Waals surface area contributed by atoms with Crippen molar-refractivity contribution in [1.29, 1.82) is 0 Å². The molecule has 0 bridgehead atoms. The number of carbonyl (C=O) groups excluding carboxylic acids is 1. The molecule has 0 spiro atoms.